The first-order chi connectivity index (χ1) is 32.6. The van der Waals surface area contributed by atoms with Crippen molar-refractivity contribution in [1.29, 1.82) is 0 Å². The molecule has 3 heterocycles. The summed E-state index contributed by atoms with van der Waals surface area (Å²) in [5.74, 6) is 0.0487. The van der Waals surface area contributed by atoms with Crippen LogP contribution in [-0.2, 0) is 15.5 Å². The summed E-state index contributed by atoms with van der Waals surface area (Å²) in [6.07, 6.45) is 1.07. The number of benzene rings is 5. The molecule has 1 N–H and O–H groups in total. The molecule has 356 valence electrons. The summed E-state index contributed by atoms with van der Waals surface area (Å²) in [7, 11) is 0.369. The van der Waals surface area contributed by atoms with Crippen LogP contribution in [0.25, 0.3) is 22.4 Å². The fraction of sp³-hybridized carbons (Fsp3) is 0.340. The van der Waals surface area contributed by atoms with Crippen LogP contribution in [0.5, 0.6) is 0 Å². The normalized spacial score (nSPS) is 17.9. The van der Waals surface area contributed by atoms with E-state index in [9.17, 15) is 24.6 Å². The smallest absolute Gasteiger partial charge is 0.338 e. The van der Waals surface area contributed by atoms with Gasteiger partial charge in [-0.25, -0.2) is 4.79 Å². The minimum Gasteiger partial charge on any atom is -0.478 e. The van der Waals surface area contributed by atoms with E-state index < -0.39 is 13.5 Å². The number of anilines is 3. The standard InChI is InChI=1S/C53H60ClN6O6PS/c1-36(2)59-38(4)50(53(61)62)51(52(59)40-15-18-43(54)19-16-40)42-11-10-12-46(32-42)57-29-27-56(28-30-57)44-20-22-45(23-21-44)58-34-37(3)66-67(58,65)47-24-17-41(49(33-47)60(63)64)31-39(25-26-55(5)6)35-68-48-13-8-7-9-14-48/h7-24,32-33,36-37,39H,25-31,34-35H2,1-6H3,(H,61,62)/t37-,39-,67?/m0/s1. The molecule has 0 saturated carbocycles. The Morgan fingerprint density at radius 2 is 1.54 bits per heavy atom. The van der Waals surface area contributed by atoms with Gasteiger partial charge in [-0.05, 0) is 145 Å². The van der Waals surface area contributed by atoms with Gasteiger partial charge in [-0.2, -0.15) is 0 Å². The topological polar surface area (TPSA) is 125 Å². The number of halogens is 1. The summed E-state index contributed by atoms with van der Waals surface area (Å²) < 4.78 is 25.1. The summed E-state index contributed by atoms with van der Waals surface area (Å²) in [6.45, 7) is 12.1. The van der Waals surface area contributed by atoms with Crippen molar-refractivity contribution in [2.75, 3.05) is 73.6 Å². The Labute approximate surface area is 409 Å². The lowest BCUT2D eigenvalue weighted by Crippen LogP contribution is -2.46. The van der Waals surface area contributed by atoms with Gasteiger partial charge in [0.05, 0.1) is 34.1 Å². The van der Waals surface area contributed by atoms with Gasteiger partial charge in [0.2, 0.25) is 0 Å². The number of nitro benzene ring substituents is 1. The predicted molar refractivity (Wildman–Crippen MR) is 279 cm³/mol. The second-order valence-corrected chi connectivity index (χ2v) is 22.2. The molecule has 1 aromatic heterocycles. The number of carboxylic acids is 1. The van der Waals surface area contributed by atoms with Crippen LogP contribution in [0.4, 0.5) is 22.7 Å². The maximum Gasteiger partial charge on any atom is 0.338 e. The molecule has 0 spiro atoms. The van der Waals surface area contributed by atoms with Crippen LogP contribution in [0.15, 0.2) is 126 Å². The summed E-state index contributed by atoms with van der Waals surface area (Å²) in [4.78, 5) is 33.2. The zero-order valence-corrected chi connectivity index (χ0v) is 42.0. The van der Waals surface area contributed by atoms with Crippen molar-refractivity contribution in [3.05, 3.63) is 153 Å². The molecule has 0 amide bonds. The van der Waals surface area contributed by atoms with Gasteiger partial charge in [0.15, 0.2) is 0 Å². The Kier molecular flexibility index (Phi) is 15.1. The molecule has 12 nitrogen and oxygen atoms in total. The molecule has 15 heteroatoms. The second kappa shape index (κ2) is 21.0. The van der Waals surface area contributed by atoms with E-state index in [4.69, 9.17) is 16.1 Å². The fourth-order valence-corrected chi connectivity index (χ4v) is 13.3. The van der Waals surface area contributed by atoms with Crippen molar-refractivity contribution in [2.45, 2.75) is 57.6 Å². The lowest BCUT2D eigenvalue weighted by atomic mass is 9.96. The van der Waals surface area contributed by atoms with Crippen LogP contribution in [0, 0.1) is 23.0 Å². The van der Waals surface area contributed by atoms with E-state index in [2.05, 4.69) is 57.4 Å². The fourth-order valence-electron chi connectivity index (χ4n) is 9.64. The van der Waals surface area contributed by atoms with Gasteiger partial charge in [0.1, 0.15) is 0 Å². The molecule has 8 rings (SSSR count). The largest absolute Gasteiger partial charge is 0.478 e. The quantitative estimate of drug-likeness (QED) is 0.0406. The van der Waals surface area contributed by atoms with E-state index in [1.807, 2.05) is 107 Å². The predicted octanol–water partition coefficient (Wildman–Crippen LogP) is 11.9. The van der Waals surface area contributed by atoms with Crippen molar-refractivity contribution in [3.8, 4) is 22.4 Å². The Balaban J connectivity index is 0.979. The highest BCUT2D eigenvalue weighted by molar-refractivity contribution is 7.99. The zero-order valence-electron chi connectivity index (χ0n) is 39.5. The molecule has 6 aromatic rings. The van der Waals surface area contributed by atoms with Crippen LogP contribution in [0.1, 0.15) is 54.8 Å². The third-order valence-electron chi connectivity index (χ3n) is 13.0. The lowest BCUT2D eigenvalue weighted by molar-refractivity contribution is -0.385. The van der Waals surface area contributed by atoms with Crippen LogP contribution in [0.2, 0.25) is 5.02 Å². The Hall–Kier alpha value is -5.56. The number of aromatic nitrogens is 1. The highest BCUT2D eigenvalue weighted by Crippen LogP contribution is 2.58. The van der Waals surface area contributed by atoms with Crippen LogP contribution in [-0.4, -0.2) is 90.7 Å². The average Bonchev–Trinajstić information content (AvgIpc) is 3.83. The van der Waals surface area contributed by atoms with Crippen molar-refractivity contribution in [3.63, 3.8) is 0 Å². The molecular formula is C53H60ClN6O6PS. The average molecular weight is 976 g/mol. The maximum absolute atomic E-state index is 15.0. The number of hydrogen-bond acceptors (Lipinski definition) is 9. The number of nitrogens with zero attached hydrogens (tertiary/aromatic N) is 6. The molecule has 3 atom stereocenters. The van der Waals surface area contributed by atoms with Crippen molar-refractivity contribution >= 4 is 64.9 Å². The minimum atomic E-state index is -3.71. The van der Waals surface area contributed by atoms with E-state index in [-0.39, 0.29) is 28.7 Å². The number of hydrogen-bond donors (Lipinski definition) is 1. The first-order valence-electron chi connectivity index (χ1n) is 23.2. The Morgan fingerprint density at radius 3 is 2.18 bits per heavy atom. The molecule has 0 aliphatic carbocycles. The minimum absolute atomic E-state index is 0.0212. The highest BCUT2D eigenvalue weighted by Gasteiger charge is 2.44. The molecular weight excluding hydrogens is 915 g/mol. The van der Waals surface area contributed by atoms with E-state index >= 15 is 0 Å². The van der Waals surface area contributed by atoms with Gasteiger partial charge >= 0.3 is 13.5 Å². The third kappa shape index (κ3) is 10.5. The zero-order chi connectivity index (χ0) is 48.3. The molecule has 2 fully saturated rings. The molecule has 0 radical (unpaired) electrons. The molecule has 68 heavy (non-hydrogen) atoms. The third-order valence-corrected chi connectivity index (χ3v) is 17.1. The summed E-state index contributed by atoms with van der Waals surface area (Å²) in [5, 5.41) is 24.2. The Bertz CT molecular complexity index is 2800. The van der Waals surface area contributed by atoms with Crippen molar-refractivity contribution in [1.82, 2.24) is 9.47 Å². The first kappa shape index (κ1) is 48.9. The maximum atomic E-state index is 15.0. The monoisotopic (exact) mass is 974 g/mol. The van der Waals surface area contributed by atoms with Gasteiger partial charge in [-0.1, -0.05) is 60.1 Å². The Morgan fingerprint density at radius 1 is 0.882 bits per heavy atom. The molecule has 2 aliphatic heterocycles. The number of carbonyl (C=O) groups is 1. The van der Waals surface area contributed by atoms with E-state index in [0.29, 0.717) is 45.7 Å². The molecule has 5 aromatic carbocycles. The summed E-state index contributed by atoms with van der Waals surface area (Å²) in [5.41, 5.74) is 7.66. The van der Waals surface area contributed by atoms with Gasteiger partial charge in [0.25, 0.3) is 5.69 Å². The number of nitro groups is 1. The van der Waals surface area contributed by atoms with E-state index in [1.165, 1.54) is 11.0 Å². The van der Waals surface area contributed by atoms with Gasteiger partial charge in [-0.3, -0.25) is 19.3 Å². The van der Waals surface area contributed by atoms with Gasteiger partial charge in [-0.15, -0.1) is 11.8 Å². The van der Waals surface area contributed by atoms with Gasteiger partial charge < -0.3 is 28.9 Å². The number of rotatable bonds is 17. The number of thioether (sulfide) groups is 1. The SMILES string of the molecule is Cc1c(C(=O)O)c(-c2cccc(N3CCN(c4ccc(N5C[C@H](C)OP5(=O)c5ccc(C[C@H](CCN(C)C)CSc6ccccc6)c([N+](=O)[O-])c5)cc4)CC3)c2)c(-c2ccc(Cl)cc2)n1C(C)C. The van der Waals surface area contributed by atoms with E-state index in [0.717, 1.165) is 78.8 Å². The lowest BCUT2D eigenvalue weighted by Gasteiger charge is -2.37. The van der Waals surface area contributed by atoms with E-state index in [1.54, 1.807) is 28.6 Å². The van der Waals surface area contributed by atoms with Crippen LogP contribution < -0.4 is 19.8 Å². The second-order valence-electron chi connectivity index (χ2n) is 18.4. The van der Waals surface area contributed by atoms with Crippen molar-refractivity contribution in [2.24, 2.45) is 5.92 Å². The number of carboxylic acid groups (broad SMARTS) is 1. The molecule has 2 aliphatic rings. The van der Waals surface area contributed by atoms with Crippen molar-refractivity contribution < 1.29 is 23.9 Å². The van der Waals surface area contributed by atoms with Crippen LogP contribution in [0.3, 0.4) is 0 Å². The molecule has 2 saturated heterocycles. The van der Waals surface area contributed by atoms with Crippen LogP contribution >= 0.6 is 30.9 Å². The summed E-state index contributed by atoms with van der Waals surface area (Å²) >= 11 is 8.05. The molecule has 0 bridgehead atoms. The summed E-state index contributed by atoms with van der Waals surface area (Å²) in [6, 6.07) is 39.0. The highest BCUT2D eigenvalue weighted by atomic mass is 35.5. The number of piperazine rings is 1. The number of aromatic carboxylic acids is 1. The first-order valence-corrected chi connectivity index (χ1v) is 26.2. The molecule has 1 unspecified atom stereocenters. The van der Waals surface area contributed by atoms with Gasteiger partial charge in [0, 0.05) is 87.8 Å².